The second-order valence-corrected chi connectivity index (χ2v) is 10.2. The van der Waals surface area contributed by atoms with Gasteiger partial charge in [0.1, 0.15) is 23.0 Å². The number of nitrogens with one attached hydrogen (secondary N) is 2. The van der Waals surface area contributed by atoms with Crippen LogP contribution in [-0.2, 0) is 14.2 Å². The molecule has 13 heteroatoms. The number of rotatable bonds is 4. The van der Waals surface area contributed by atoms with Gasteiger partial charge in [-0.2, -0.15) is 0 Å². The van der Waals surface area contributed by atoms with Gasteiger partial charge in [0.25, 0.3) is 0 Å². The predicted octanol–water partition coefficient (Wildman–Crippen LogP) is 8.90. The molecule has 10 nitrogen and oxygen atoms in total. The van der Waals surface area contributed by atoms with Crippen molar-refractivity contribution in [1.29, 1.82) is 11.1 Å². The Morgan fingerprint density at radius 3 is 1.37 bits per heavy atom. The Bertz CT molecular complexity index is 1050. The van der Waals surface area contributed by atoms with Crippen molar-refractivity contribution >= 4 is 35.6 Å². The molecule has 2 fully saturated rings. The second kappa shape index (κ2) is 29.2. The summed E-state index contributed by atoms with van der Waals surface area (Å²) in [4.78, 5) is 0. The van der Waals surface area contributed by atoms with Crippen LogP contribution in [0.3, 0.4) is 0 Å². The van der Waals surface area contributed by atoms with Crippen molar-refractivity contribution in [3.8, 4) is 23.0 Å². The number of aryl methyl sites for hydroxylation is 2. The van der Waals surface area contributed by atoms with E-state index in [0.717, 1.165) is 63.4 Å². The van der Waals surface area contributed by atoms with Crippen LogP contribution in [0.4, 0.5) is 0 Å². The van der Waals surface area contributed by atoms with Gasteiger partial charge in [-0.05, 0) is 81.3 Å². The number of hydrogen-bond donors (Lipinski definition) is 4. The monoisotopic (exact) mass is 706 g/mol. The molecule has 0 radical (unpaired) electrons. The van der Waals surface area contributed by atoms with E-state index < -0.39 is 0 Å². The van der Waals surface area contributed by atoms with E-state index >= 15 is 0 Å². The summed E-state index contributed by atoms with van der Waals surface area (Å²) < 4.78 is 26.5. The van der Waals surface area contributed by atoms with Gasteiger partial charge in [0.2, 0.25) is 0 Å². The maximum Gasteiger partial charge on any atom is 0.199 e. The molecule has 0 saturated carbocycles. The van der Waals surface area contributed by atoms with Gasteiger partial charge in [-0.1, -0.05) is 35.4 Å². The molecule has 2 unspecified atom stereocenters. The second-order valence-electron chi connectivity index (χ2n) is 9.40. The summed E-state index contributed by atoms with van der Waals surface area (Å²) in [5, 5.41) is 18.0. The van der Waals surface area contributed by atoms with Crippen LogP contribution >= 0.6 is 35.6 Å². The maximum absolute atomic E-state index is 9.03. The van der Waals surface area contributed by atoms with Gasteiger partial charge in [-0.25, -0.2) is 11.1 Å². The summed E-state index contributed by atoms with van der Waals surface area (Å²) in [5.41, 5.74) is 12.4. The van der Waals surface area contributed by atoms with Crippen LogP contribution < -0.4 is 9.47 Å². The lowest BCUT2D eigenvalue weighted by Gasteiger charge is -2.12. The number of hydrogen-bond acceptors (Lipinski definition) is 9. The van der Waals surface area contributed by atoms with Gasteiger partial charge in [0.05, 0.1) is 31.4 Å². The SMILES string of the molecule is C1=COCC1.Cc1ccc(O)cc1.Cc1ccc(OC2CCCO2)cc1.Cl.ClCCl.N=N.O.Oc1ccc(OC2CCCO2)cc1.[HH]. The Hall–Kier alpha value is -3.25. The van der Waals surface area contributed by atoms with Crippen molar-refractivity contribution in [3.05, 3.63) is 96.3 Å². The van der Waals surface area contributed by atoms with Gasteiger partial charge < -0.3 is 39.4 Å². The highest BCUT2D eigenvalue weighted by Crippen LogP contribution is 2.21. The van der Waals surface area contributed by atoms with Crippen molar-refractivity contribution in [2.24, 2.45) is 0 Å². The molecule has 46 heavy (non-hydrogen) atoms. The summed E-state index contributed by atoms with van der Waals surface area (Å²) in [6.07, 6.45) is 8.83. The van der Waals surface area contributed by atoms with Gasteiger partial charge in [-0.15, -0.1) is 35.6 Å². The molecule has 0 bridgehead atoms. The third-order valence-electron chi connectivity index (χ3n) is 5.80. The molecule has 0 aliphatic carbocycles. The largest absolute Gasteiger partial charge is 0.508 e. The predicted molar refractivity (Wildman–Crippen MR) is 186 cm³/mol. The van der Waals surface area contributed by atoms with Crippen LogP contribution in [0.2, 0.25) is 0 Å². The molecule has 0 amide bonds. The van der Waals surface area contributed by atoms with E-state index in [1.807, 2.05) is 49.4 Å². The zero-order valence-corrected chi connectivity index (χ0v) is 28.5. The highest BCUT2D eigenvalue weighted by Gasteiger charge is 2.17. The lowest BCUT2D eigenvalue weighted by Crippen LogP contribution is -2.13. The van der Waals surface area contributed by atoms with Crippen LogP contribution in [-0.4, -0.2) is 53.4 Å². The van der Waals surface area contributed by atoms with Gasteiger partial charge in [-0.3, -0.25) is 0 Å². The number of phenols is 2. The van der Waals surface area contributed by atoms with Crippen LogP contribution in [0.25, 0.3) is 0 Å². The van der Waals surface area contributed by atoms with Gasteiger partial charge in [0, 0.05) is 20.7 Å². The first-order valence-corrected chi connectivity index (χ1v) is 15.3. The normalized spacial score (nSPS) is 16.4. The highest BCUT2D eigenvalue weighted by molar-refractivity contribution is 6.40. The van der Waals surface area contributed by atoms with E-state index in [-0.39, 0.29) is 43.0 Å². The lowest BCUT2D eigenvalue weighted by molar-refractivity contribution is -0.0393. The third kappa shape index (κ3) is 22.3. The fourth-order valence-electron chi connectivity index (χ4n) is 3.61. The fraction of sp³-hybridized carbons (Fsp3) is 0.394. The van der Waals surface area contributed by atoms with Crippen molar-refractivity contribution in [2.75, 3.05) is 25.2 Å². The standard InChI is InChI=1S/C11H14O2.C10H12O3.C7H8O.C4H6O.CH2Cl2.ClH.H2N2.H2O.H2/c1-9-4-6-10(7-5-9)13-11-3-2-8-12-11;11-8-3-5-9(6-4-8)13-10-2-1-7-12-10;1-6-2-4-7(8)5-3-6;1-2-4-5-3-1;2-1-3;;1-2;;/h4-7,11H,2-3,8H2,1H3;3-6,10-11H,1-2,7H2;2-5,8H,1H3;1,3H,2,4H2;1H2;1H;1-2H;1H2;1H. The Morgan fingerprint density at radius 1 is 0.717 bits per heavy atom. The third-order valence-corrected chi connectivity index (χ3v) is 5.80. The number of phenolic OH excluding ortho intramolecular Hbond substituents is 2. The molecule has 3 aliphatic heterocycles. The number of alkyl halides is 2. The zero-order chi connectivity index (χ0) is 32.4. The Balaban J connectivity index is -0.000000535. The Morgan fingerprint density at radius 2 is 1.09 bits per heavy atom. The molecule has 260 valence electrons. The van der Waals surface area contributed by atoms with Gasteiger partial charge >= 0.3 is 0 Å². The average Bonchev–Trinajstić information content (AvgIpc) is 3.86. The van der Waals surface area contributed by atoms with Crippen molar-refractivity contribution in [2.45, 2.75) is 58.5 Å². The Kier molecular flexibility index (Phi) is 28.5. The maximum atomic E-state index is 9.03. The van der Waals surface area contributed by atoms with E-state index in [9.17, 15) is 0 Å². The summed E-state index contributed by atoms with van der Waals surface area (Å²) in [6, 6.07) is 21.8. The molecule has 0 aromatic heterocycles. The topological polar surface area (TPSA) is 166 Å². The first-order valence-electron chi connectivity index (χ1n) is 14.2. The molecular formula is C33H49Cl3N2O8. The molecule has 6 rings (SSSR count). The summed E-state index contributed by atoms with van der Waals surface area (Å²) in [7, 11) is 0. The van der Waals surface area contributed by atoms with Crippen LogP contribution in [0.1, 0.15) is 44.7 Å². The molecule has 2 saturated heterocycles. The van der Waals surface area contributed by atoms with E-state index in [2.05, 4.69) is 6.92 Å². The fourth-order valence-corrected chi connectivity index (χ4v) is 3.61. The lowest BCUT2D eigenvalue weighted by atomic mass is 10.2. The molecule has 3 aromatic carbocycles. The Labute approximate surface area is 289 Å². The van der Waals surface area contributed by atoms with Crippen molar-refractivity contribution in [1.82, 2.24) is 0 Å². The van der Waals surface area contributed by atoms with Crippen molar-refractivity contribution in [3.63, 3.8) is 0 Å². The quantitative estimate of drug-likeness (QED) is 0.155. The van der Waals surface area contributed by atoms with Gasteiger partial charge in [0.15, 0.2) is 12.6 Å². The van der Waals surface area contributed by atoms with Crippen LogP contribution in [0.5, 0.6) is 23.0 Å². The minimum Gasteiger partial charge on any atom is -0.508 e. The van der Waals surface area contributed by atoms with E-state index in [1.54, 1.807) is 42.7 Å². The molecule has 2 atom stereocenters. The van der Waals surface area contributed by atoms with Crippen molar-refractivity contribution < 1.29 is 40.8 Å². The molecule has 3 aliphatic rings. The minimum atomic E-state index is -0.107. The van der Waals surface area contributed by atoms with E-state index in [1.165, 1.54) is 11.1 Å². The molecule has 0 spiro atoms. The summed E-state index contributed by atoms with van der Waals surface area (Å²) in [5.74, 6) is 2.22. The number of halogens is 3. The molecule has 6 N–H and O–H groups in total. The van der Waals surface area contributed by atoms with E-state index in [0.29, 0.717) is 5.75 Å². The smallest absolute Gasteiger partial charge is 0.199 e. The molecular weight excluding hydrogens is 659 g/mol. The first kappa shape index (κ1) is 44.9. The first-order chi connectivity index (χ1) is 21.4. The highest BCUT2D eigenvalue weighted by atomic mass is 35.5. The summed E-state index contributed by atoms with van der Waals surface area (Å²) >= 11 is 9.53. The molecule has 3 aromatic rings. The number of ether oxygens (including phenoxy) is 5. The number of aromatic hydroxyl groups is 2. The zero-order valence-electron chi connectivity index (χ0n) is 26.2. The van der Waals surface area contributed by atoms with E-state index in [4.69, 9.17) is 68.2 Å². The molecule has 3 heterocycles. The van der Waals surface area contributed by atoms with Crippen LogP contribution in [0, 0.1) is 24.9 Å². The number of benzene rings is 3. The minimum absolute atomic E-state index is 0. The van der Waals surface area contributed by atoms with Crippen LogP contribution in [0.15, 0.2) is 85.1 Å². The average molecular weight is 708 g/mol. The summed E-state index contributed by atoms with van der Waals surface area (Å²) in [6.45, 7) is 6.55.